The van der Waals surface area contributed by atoms with Gasteiger partial charge in [-0.1, -0.05) is 140 Å². The van der Waals surface area contributed by atoms with Crippen LogP contribution in [0.25, 0.3) is 0 Å². The highest BCUT2D eigenvalue weighted by molar-refractivity contribution is 5.09. The van der Waals surface area contributed by atoms with E-state index in [1.54, 1.807) is 0 Å². The van der Waals surface area contributed by atoms with Crippen LogP contribution in [0.2, 0.25) is 0 Å². The molecule has 3 rings (SSSR count). The van der Waals surface area contributed by atoms with Crippen LogP contribution in [0, 0.1) is 11.8 Å². The lowest BCUT2D eigenvalue weighted by Crippen LogP contribution is -2.43. The third-order valence-electron chi connectivity index (χ3n) is 11.7. The van der Waals surface area contributed by atoms with Gasteiger partial charge in [0.25, 0.3) is 0 Å². The summed E-state index contributed by atoms with van der Waals surface area (Å²) >= 11 is 0. The van der Waals surface area contributed by atoms with Crippen molar-refractivity contribution in [1.29, 1.82) is 0 Å². The Morgan fingerprint density at radius 2 is 0.898 bits per heavy atom. The van der Waals surface area contributed by atoms with Gasteiger partial charge in [-0.25, -0.2) is 0 Å². The molecule has 3 nitrogen and oxygen atoms in total. The van der Waals surface area contributed by atoms with E-state index in [1.165, 1.54) is 154 Å². The molecule has 2 aliphatic carbocycles. The smallest absolute Gasteiger partial charge is 0.169 e. The summed E-state index contributed by atoms with van der Waals surface area (Å²) in [4.78, 5) is 2.45. The van der Waals surface area contributed by atoms with Crippen molar-refractivity contribution in [2.45, 2.75) is 218 Å². The zero-order chi connectivity index (χ0) is 34.8. The second-order valence-corrected chi connectivity index (χ2v) is 16.2. The van der Waals surface area contributed by atoms with E-state index in [1.807, 2.05) is 0 Å². The average Bonchev–Trinajstić information content (AvgIpc) is 3.79. The fraction of sp³-hybridized carbons (Fsp3) is 0.826. The highest BCUT2D eigenvalue weighted by Gasteiger charge is 2.62. The number of fused-ring (bicyclic) bond motifs is 5. The molecule has 3 aliphatic rings. The number of allylic oxidation sites excluding steroid dienone is 8. The van der Waals surface area contributed by atoms with Gasteiger partial charge in [-0.15, -0.1) is 0 Å². The van der Waals surface area contributed by atoms with Crippen molar-refractivity contribution in [2.75, 3.05) is 14.1 Å². The van der Waals surface area contributed by atoms with Crippen molar-refractivity contribution in [3.05, 3.63) is 48.6 Å². The van der Waals surface area contributed by atoms with E-state index in [-0.39, 0.29) is 5.79 Å². The number of rotatable bonds is 31. The van der Waals surface area contributed by atoms with Gasteiger partial charge in [-0.2, -0.15) is 0 Å². The molecule has 2 bridgehead atoms. The zero-order valence-electron chi connectivity index (χ0n) is 33.1. The molecule has 0 aromatic carbocycles. The molecule has 0 spiro atoms. The largest absolute Gasteiger partial charge is 0.344 e. The van der Waals surface area contributed by atoms with Gasteiger partial charge in [0.05, 0.1) is 12.2 Å². The van der Waals surface area contributed by atoms with Crippen LogP contribution in [-0.4, -0.2) is 43.0 Å². The Labute approximate surface area is 305 Å². The number of ether oxygens (including phenoxy) is 2. The highest BCUT2D eigenvalue weighted by atomic mass is 16.8. The van der Waals surface area contributed by atoms with Crippen molar-refractivity contribution >= 4 is 0 Å². The molecule has 0 amide bonds. The van der Waals surface area contributed by atoms with E-state index in [2.05, 4.69) is 81.5 Å². The third kappa shape index (κ3) is 16.8. The average molecular weight is 680 g/mol. The van der Waals surface area contributed by atoms with Gasteiger partial charge < -0.3 is 14.4 Å². The molecule has 2 saturated carbocycles. The Hall–Kier alpha value is -1.16. The summed E-state index contributed by atoms with van der Waals surface area (Å²) in [6.07, 6.45) is 55.6. The van der Waals surface area contributed by atoms with Crippen molar-refractivity contribution in [2.24, 2.45) is 11.8 Å². The topological polar surface area (TPSA) is 21.7 Å². The lowest BCUT2D eigenvalue weighted by Gasteiger charge is -2.33. The fourth-order valence-corrected chi connectivity index (χ4v) is 8.78. The van der Waals surface area contributed by atoms with E-state index in [0.29, 0.717) is 30.1 Å². The van der Waals surface area contributed by atoms with E-state index in [9.17, 15) is 0 Å². The van der Waals surface area contributed by atoms with Crippen LogP contribution in [0.15, 0.2) is 48.6 Å². The number of nitrogens with zero attached hydrogens (tertiary/aromatic N) is 1. The summed E-state index contributed by atoms with van der Waals surface area (Å²) in [7, 11) is 4.52. The van der Waals surface area contributed by atoms with E-state index < -0.39 is 0 Å². The summed E-state index contributed by atoms with van der Waals surface area (Å²) in [6.45, 7) is 4.55. The molecule has 5 atom stereocenters. The van der Waals surface area contributed by atoms with Crippen LogP contribution in [0.3, 0.4) is 0 Å². The van der Waals surface area contributed by atoms with Crippen LogP contribution in [0.4, 0.5) is 0 Å². The molecule has 3 fully saturated rings. The maximum Gasteiger partial charge on any atom is 0.169 e. The molecular weight excluding hydrogens is 599 g/mol. The van der Waals surface area contributed by atoms with Gasteiger partial charge in [-0.3, -0.25) is 0 Å². The molecule has 0 aromatic rings. The lowest BCUT2D eigenvalue weighted by molar-refractivity contribution is -0.196. The standard InChI is InChI=1S/C46H81NO2/c1-5-7-9-11-13-15-17-19-21-23-25-27-29-31-33-35-37-46(48-44-41-39-42(45(44)49-46)43(40-41)47(3)4)38-36-34-32-30-28-26-24-22-20-18-16-14-12-10-8-6-2/h13-16,19-22,41-45H,5-12,17-18,23-40H2,1-4H3/b15-13-,16-14-,21-19-,22-20-/t41?,42?,43?,44-,45+/m1/s1. The molecule has 3 heteroatoms. The second kappa shape index (κ2) is 26.6. The minimum absolute atomic E-state index is 0.308. The van der Waals surface area contributed by atoms with Crippen LogP contribution < -0.4 is 0 Å². The van der Waals surface area contributed by atoms with Crippen LogP contribution in [-0.2, 0) is 9.47 Å². The molecule has 0 radical (unpaired) electrons. The quantitative estimate of drug-likeness (QED) is 0.0538. The Bertz CT molecular complexity index is 870. The molecule has 0 aromatic heterocycles. The van der Waals surface area contributed by atoms with Crippen LogP contribution in [0.1, 0.15) is 194 Å². The molecule has 282 valence electrons. The zero-order valence-corrected chi connectivity index (χ0v) is 33.1. The molecular formula is C46H81NO2. The molecule has 49 heavy (non-hydrogen) atoms. The monoisotopic (exact) mass is 680 g/mol. The summed E-state index contributed by atoms with van der Waals surface area (Å²) < 4.78 is 14.1. The first-order chi connectivity index (χ1) is 24.1. The first kappa shape index (κ1) is 42.3. The summed E-state index contributed by atoms with van der Waals surface area (Å²) in [5.41, 5.74) is 0. The van der Waals surface area contributed by atoms with Crippen molar-refractivity contribution in [3.63, 3.8) is 0 Å². The normalized spacial score (nSPS) is 24.7. The Balaban J connectivity index is 1.27. The molecule has 0 N–H and O–H groups in total. The van der Waals surface area contributed by atoms with Crippen molar-refractivity contribution in [1.82, 2.24) is 4.90 Å². The summed E-state index contributed by atoms with van der Waals surface area (Å²) in [5.74, 6) is 1.06. The highest BCUT2D eigenvalue weighted by Crippen LogP contribution is 2.55. The predicted molar refractivity (Wildman–Crippen MR) is 214 cm³/mol. The van der Waals surface area contributed by atoms with Crippen LogP contribution >= 0.6 is 0 Å². The lowest BCUT2D eigenvalue weighted by atomic mass is 9.90. The van der Waals surface area contributed by atoms with Gasteiger partial charge in [0.15, 0.2) is 5.79 Å². The fourth-order valence-electron chi connectivity index (χ4n) is 8.78. The van der Waals surface area contributed by atoms with Gasteiger partial charge in [0, 0.05) is 24.8 Å². The summed E-state index contributed by atoms with van der Waals surface area (Å²) in [5, 5.41) is 0. The second-order valence-electron chi connectivity index (χ2n) is 16.2. The number of hydrogen-bond donors (Lipinski definition) is 0. The molecule has 3 unspecified atom stereocenters. The SMILES string of the molecule is CCCCC/C=C\C/C=C\CCCCCCCCC1(CCCCCCCC/C=C\C/C=C\CCCCC)O[C@@H]2C3CC(C(N(C)C)C3)[C@@H]2O1. The number of hydrogen-bond acceptors (Lipinski definition) is 3. The van der Waals surface area contributed by atoms with E-state index in [0.717, 1.165) is 25.7 Å². The third-order valence-corrected chi connectivity index (χ3v) is 11.7. The predicted octanol–water partition coefficient (Wildman–Crippen LogP) is 13.8. The van der Waals surface area contributed by atoms with Gasteiger partial charge in [0.1, 0.15) is 0 Å². The molecule has 1 heterocycles. The van der Waals surface area contributed by atoms with E-state index in [4.69, 9.17) is 9.47 Å². The van der Waals surface area contributed by atoms with Crippen molar-refractivity contribution in [3.8, 4) is 0 Å². The first-order valence-electron chi connectivity index (χ1n) is 21.7. The maximum absolute atomic E-state index is 7.06. The van der Waals surface area contributed by atoms with Gasteiger partial charge in [0.2, 0.25) is 0 Å². The number of unbranched alkanes of at least 4 members (excludes halogenated alkanes) is 18. The minimum Gasteiger partial charge on any atom is -0.344 e. The Morgan fingerprint density at radius 3 is 1.35 bits per heavy atom. The minimum atomic E-state index is -0.308. The first-order valence-corrected chi connectivity index (χ1v) is 21.7. The van der Waals surface area contributed by atoms with Gasteiger partial charge >= 0.3 is 0 Å². The van der Waals surface area contributed by atoms with Crippen molar-refractivity contribution < 1.29 is 9.47 Å². The summed E-state index contributed by atoms with van der Waals surface area (Å²) in [6, 6.07) is 0.675. The Kier molecular flexibility index (Phi) is 22.9. The molecule has 1 aliphatic heterocycles. The van der Waals surface area contributed by atoms with Gasteiger partial charge in [-0.05, 0) is 110 Å². The Morgan fingerprint density at radius 1 is 0.490 bits per heavy atom. The maximum atomic E-state index is 7.06. The molecule has 1 saturated heterocycles. The van der Waals surface area contributed by atoms with Crippen LogP contribution in [0.5, 0.6) is 0 Å². The van der Waals surface area contributed by atoms with E-state index >= 15 is 0 Å².